The van der Waals surface area contributed by atoms with Gasteiger partial charge in [0.15, 0.2) is 5.69 Å². The molecule has 1 aromatic rings. The highest BCUT2D eigenvalue weighted by molar-refractivity contribution is 9.10. The fourth-order valence-corrected chi connectivity index (χ4v) is 3.68. The molecule has 9 heteroatoms. The number of amides is 1. The van der Waals surface area contributed by atoms with Crippen molar-refractivity contribution >= 4 is 33.7 Å². The van der Waals surface area contributed by atoms with Crippen molar-refractivity contribution in [1.29, 1.82) is 5.26 Å². The predicted molar refractivity (Wildman–Crippen MR) is 107 cm³/mol. The molecule has 0 bridgehead atoms. The number of halogens is 1. The number of anilines is 1. The van der Waals surface area contributed by atoms with Crippen LogP contribution in [0.1, 0.15) is 57.1 Å². The smallest absolute Gasteiger partial charge is 0.408 e. The quantitative estimate of drug-likeness (QED) is 0.697. The second-order valence-electron chi connectivity index (χ2n) is 7.87. The van der Waals surface area contributed by atoms with Gasteiger partial charge in [0, 0.05) is 19.3 Å². The monoisotopic (exact) mass is 452 g/mol. The molecular formula is C19H25BrN4O4. The molecule has 1 aliphatic rings. The second kappa shape index (κ2) is 8.35. The van der Waals surface area contributed by atoms with Crippen molar-refractivity contribution in [3.05, 3.63) is 21.9 Å². The molecule has 1 atom stereocenters. The molecule has 0 radical (unpaired) electrons. The average molecular weight is 453 g/mol. The number of aromatic nitrogens is 1. The molecule has 1 aliphatic heterocycles. The number of alkyl carbamates (subject to hydrolysis) is 1. The van der Waals surface area contributed by atoms with Crippen molar-refractivity contribution in [2.75, 3.05) is 24.6 Å². The molecule has 0 aromatic carbocycles. The summed E-state index contributed by atoms with van der Waals surface area (Å²) in [7, 11) is 0. The van der Waals surface area contributed by atoms with Gasteiger partial charge in [-0.15, -0.1) is 0 Å². The van der Waals surface area contributed by atoms with Gasteiger partial charge in [0.25, 0.3) is 0 Å². The number of pyridine rings is 1. The minimum atomic E-state index is -0.592. The van der Waals surface area contributed by atoms with Crippen LogP contribution in [0.2, 0.25) is 0 Å². The third-order valence-electron chi connectivity index (χ3n) is 4.19. The summed E-state index contributed by atoms with van der Waals surface area (Å²) in [6.45, 7) is 10.3. The zero-order valence-corrected chi connectivity index (χ0v) is 18.3. The molecule has 0 saturated carbocycles. The maximum absolute atomic E-state index is 12.4. The van der Waals surface area contributed by atoms with E-state index in [1.165, 1.54) is 6.20 Å². The first-order valence-electron chi connectivity index (χ1n) is 9.01. The zero-order valence-electron chi connectivity index (χ0n) is 16.8. The third-order valence-corrected chi connectivity index (χ3v) is 4.94. The molecule has 1 N–H and O–H groups in total. The summed E-state index contributed by atoms with van der Waals surface area (Å²) in [6.07, 6.45) is 1.51. The fraction of sp³-hybridized carbons (Fsp3) is 0.579. The molecule has 1 amide bonds. The molecule has 152 valence electrons. The number of nitrogens with zero attached hydrogens (tertiary/aromatic N) is 3. The largest absolute Gasteiger partial charge is 0.462 e. The first-order chi connectivity index (χ1) is 13.0. The molecule has 0 spiro atoms. The van der Waals surface area contributed by atoms with E-state index in [1.54, 1.807) is 27.7 Å². The Bertz CT molecular complexity index is 815. The van der Waals surface area contributed by atoms with E-state index in [0.29, 0.717) is 29.7 Å². The number of nitriles is 1. The molecule has 0 unspecified atom stereocenters. The summed E-state index contributed by atoms with van der Waals surface area (Å²) in [5.74, 6) is -0.510. The van der Waals surface area contributed by atoms with E-state index in [9.17, 15) is 14.9 Å². The Morgan fingerprint density at radius 3 is 2.71 bits per heavy atom. The standard InChI is InChI=1S/C19H25BrN4O4/c1-6-27-16(25)12-10-22-13(9-21)14(20)15(12)24-8-7-19(5,11-24)23-17(26)28-18(2,3)4/h10H,6-8,11H2,1-5H3,(H,23,26)/t19-/m0/s1. The minimum absolute atomic E-state index is 0.178. The SMILES string of the molecule is CCOC(=O)c1cnc(C#N)c(Br)c1N1CC[C@](C)(NC(=O)OC(C)(C)C)C1. The summed E-state index contributed by atoms with van der Waals surface area (Å²) in [5.41, 5.74) is -0.152. The number of ether oxygens (including phenoxy) is 2. The van der Waals surface area contributed by atoms with Crippen LogP contribution >= 0.6 is 15.9 Å². The highest BCUT2D eigenvalue weighted by atomic mass is 79.9. The number of esters is 1. The lowest BCUT2D eigenvalue weighted by atomic mass is 10.0. The number of carbonyl (C=O) groups is 2. The van der Waals surface area contributed by atoms with E-state index in [1.807, 2.05) is 17.9 Å². The van der Waals surface area contributed by atoms with Gasteiger partial charge in [-0.3, -0.25) is 0 Å². The Kier molecular flexibility index (Phi) is 6.55. The van der Waals surface area contributed by atoms with Gasteiger partial charge in [0.2, 0.25) is 0 Å². The van der Waals surface area contributed by atoms with Gasteiger partial charge in [-0.25, -0.2) is 14.6 Å². The normalized spacial score (nSPS) is 19.1. The first-order valence-corrected chi connectivity index (χ1v) is 9.81. The van der Waals surface area contributed by atoms with Crippen LogP contribution in [0.3, 0.4) is 0 Å². The molecule has 2 rings (SSSR count). The summed E-state index contributed by atoms with van der Waals surface area (Å²) >= 11 is 3.40. The Hall–Kier alpha value is -2.34. The van der Waals surface area contributed by atoms with Gasteiger partial charge in [-0.2, -0.15) is 5.26 Å². The molecule has 1 fully saturated rings. The van der Waals surface area contributed by atoms with Crippen LogP contribution in [0.25, 0.3) is 0 Å². The number of hydrogen-bond donors (Lipinski definition) is 1. The van der Waals surface area contributed by atoms with Crippen LogP contribution in [0.15, 0.2) is 10.7 Å². The van der Waals surface area contributed by atoms with Crippen molar-refractivity contribution in [3.63, 3.8) is 0 Å². The van der Waals surface area contributed by atoms with Crippen LogP contribution in [0.5, 0.6) is 0 Å². The van der Waals surface area contributed by atoms with Crippen molar-refractivity contribution in [2.24, 2.45) is 0 Å². The van der Waals surface area contributed by atoms with Crippen molar-refractivity contribution in [2.45, 2.75) is 52.2 Å². The molecule has 28 heavy (non-hydrogen) atoms. The first kappa shape index (κ1) is 22.0. The summed E-state index contributed by atoms with van der Waals surface area (Å²) < 4.78 is 10.9. The number of nitrogens with one attached hydrogen (secondary N) is 1. The Labute approximate surface area is 173 Å². The van der Waals surface area contributed by atoms with Gasteiger partial charge in [0.1, 0.15) is 17.2 Å². The lowest BCUT2D eigenvalue weighted by molar-refractivity contribution is 0.0470. The van der Waals surface area contributed by atoms with Gasteiger partial charge >= 0.3 is 12.1 Å². The lowest BCUT2D eigenvalue weighted by Gasteiger charge is -2.29. The van der Waals surface area contributed by atoms with Gasteiger partial charge in [-0.1, -0.05) is 0 Å². The van der Waals surface area contributed by atoms with E-state index < -0.39 is 23.2 Å². The van der Waals surface area contributed by atoms with Gasteiger partial charge < -0.3 is 19.7 Å². The second-order valence-corrected chi connectivity index (χ2v) is 8.67. The minimum Gasteiger partial charge on any atom is -0.462 e. The van der Waals surface area contributed by atoms with Crippen molar-refractivity contribution in [1.82, 2.24) is 10.3 Å². The number of carbonyl (C=O) groups excluding carboxylic acids is 2. The number of hydrogen-bond acceptors (Lipinski definition) is 7. The maximum Gasteiger partial charge on any atom is 0.408 e. The Morgan fingerprint density at radius 1 is 1.46 bits per heavy atom. The molecule has 1 aromatic heterocycles. The van der Waals surface area contributed by atoms with Crippen LogP contribution in [0.4, 0.5) is 10.5 Å². The van der Waals surface area contributed by atoms with E-state index in [2.05, 4.69) is 26.2 Å². The van der Waals surface area contributed by atoms with E-state index in [4.69, 9.17) is 9.47 Å². The lowest BCUT2D eigenvalue weighted by Crippen LogP contribution is -2.49. The zero-order chi connectivity index (χ0) is 21.1. The van der Waals surface area contributed by atoms with Crippen molar-refractivity contribution in [3.8, 4) is 6.07 Å². The van der Waals surface area contributed by atoms with Crippen molar-refractivity contribution < 1.29 is 19.1 Å². The van der Waals surface area contributed by atoms with E-state index in [-0.39, 0.29) is 17.9 Å². The maximum atomic E-state index is 12.4. The molecule has 1 saturated heterocycles. The van der Waals surface area contributed by atoms with Gasteiger partial charge in [0.05, 0.1) is 22.3 Å². The average Bonchev–Trinajstić information content (AvgIpc) is 2.94. The van der Waals surface area contributed by atoms with Crippen LogP contribution in [-0.2, 0) is 9.47 Å². The third kappa shape index (κ3) is 5.13. The summed E-state index contributed by atoms with van der Waals surface area (Å²) in [6, 6.07) is 2.01. The molecule has 8 nitrogen and oxygen atoms in total. The Balaban J connectivity index is 2.30. The molecular weight excluding hydrogens is 428 g/mol. The highest BCUT2D eigenvalue weighted by Gasteiger charge is 2.39. The van der Waals surface area contributed by atoms with Crippen LogP contribution in [0, 0.1) is 11.3 Å². The topological polar surface area (TPSA) is 105 Å². The Morgan fingerprint density at radius 2 is 2.14 bits per heavy atom. The van der Waals surface area contributed by atoms with E-state index >= 15 is 0 Å². The van der Waals surface area contributed by atoms with Crippen LogP contribution < -0.4 is 10.2 Å². The van der Waals surface area contributed by atoms with Crippen LogP contribution in [-0.4, -0.2) is 47.9 Å². The van der Waals surface area contributed by atoms with Gasteiger partial charge in [-0.05, 0) is 57.0 Å². The highest BCUT2D eigenvalue weighted by Crippen LogP contribution is 2.36. The summed E-state index contributed by atoms with van der Waals surface area (Å²) in [5, 5.41) is 12.2. The predicted octanol–water partition coefficient (Wildman–Crippen LogP) is 3.39. The molecule has 2 heterocycles. The molecule has 0 aliphatic carbocycles. The van der Waals surface area contributed by atoms with E-state index in [0.717, 1.165) is 0 Å². The number of rotatable bonds is 4. The fourth-order valence-electron chi connectivity index (χ4n) is 3.03. The summed E-state index contributed by atoms with van der Waals surface area (Å²) in [4.78, 5) is 30.6.